The number of hydrogen-bond donors (Lipinski definition) is 1. The Morgan fingerprint density at radius 2 is 1.95 bits per heavy atom. The number of halogens is 1. The summed E-state index contributed by atoms with van der Waals surface area (Å²) >= 11 is 3.68. The molecule has 1 aromatic carbocycles. The van der Waals surface area contributed by atoms with Crippen molar-refractivity contribution in [1.82, 2.24) is 4.90 Å². The molecule has 1 aliphatic carbocycles. The number of carbonyl (C=O) groups is 1. The van der Waals surface area contributed by atoms with Gasteiger partial charge in [-0.25, -0.2) is 0 Å². The molecule has 1 N–H and O–H groups in total. The van der Waals surface area contributed by atoms with Crippen LogP contribution in [0.4, 0.5) is 0 Å². The number of carbonyl (C=O) groups excluding carboxylic acids is 1. The Labute approximate surface area is 139 Å². The van der Waals surface area contributed by atoms with Crippen molar-refractivity contribution in [2.24, 2.45) is 0 Å². The summed E-state index contributed by atoms with van der Waals surface area (Å²) in [5.74, 6) is 0.0403. The predicted molar refractivity (Wildman–Crippen MR) is 91.6 cm³/mol. The van der Waals surface area contributed by atoms with Crippen LogP contribution < -0.4 is 0 Å². The van der Waals surface area contributed by atoms with Crippen LogP contribution in [0.15, 0.2) is 42.0 Å². The van der Waals surface area contributed by atoms with Gasteiger partial charge >= 0.3 is 0 Å². The fourth-order valence-corrected chi connectivity index (χ4v) is 3.74. The number of allylic oxidation sites excluding steroid dienone is 2. The molecule has 22 heavy (non-hydrogen) atoms. The fraction of sp³-hybridized carbons (Fsp3) is 0.389. The van der Waals surface area contributed by atoms with E-state index in [1.165, 1.54) is 16.7 Å². The van der Waals surface area contributed by atoms with Gasteiger partial charge in [0.1, 0.15) is 0 Å². The molecule has 3 nitrogen and oxygen atoms in total. The second kappa shape index (κ2) is 6.80. The van der Waals surface area contributed by atoms with Crippen molar-refractivity contribution >= 4 is 26.3 Å². The summed E-state index contributed by atoms with van der Waals surface area (Å²) in [6, 6.07) is 8.37. The molecule has 1 fully saturated rings. The van der Waals surface area contributed by atoms with Gasteiger partial charge in [0.05, 0.1) is 6.10 Å². The Bertz CT molecular complexity index is 628. The highest BCUT2D eigenvalue weighted by Gasteiger charge is 2.20. The molecule has 0 aromatic heterocycles. The van der Waals surface area contributed by atoms with Crippen LogP contribution in [0, 0.1) is 0 Å². The van der Waals surface area contributed by atoms with Crippen LogP contribution in [-0.2, 0) is 11.2 Å². The highest BCUT2D eigenvalue weighted by molar-refractivity contribution is 9.15. The van der Waals surface area contributed by atoms with E-state index in [2.05, 4.69) is 34.1 Å². The van der Waals surface area contributed by atoms with Gasteiger partial charge in [-0.1, -0.05) is 30.3 Å². The lowest BCUT2D eigenvalue weighted by Crippen LogP contribution is -2.39. The van der Waals surface area contributed by atoms with Gasteiger partial charge in [-0.3, -0.25) is 4.79 Å². The molecule has 0 spiro atoms. The van der Waals surface area contributed by atoms with E-state index in [0.717, 1.165) is 17.3 Å². The normalized spacial score (nSPS) is 19.6. The summed E-state index contributed by atoms with van der Waals surface area (Å²) in [7, 11) is 0. The average molecular weight is 362 g/mol. The first-order valence-corrected chi connectivity index (χ1v) is 8.56. The summed E-state index contributed by atoms with van der Waals surface area (Å²) in [5.41, 5.74) is 3.74. The average Bonchev–Trinajstić information content (AvgIpc) is 2.55. The maximum Gasteiger partial charge on any atom is 0.246 e. The van der Waals surface area contributed by atoms with Gasteiger partial charge in [0.25, 0.3) is 0 Å². The second-order valence-corrected chi connectivity index (χ2v) is 6.68. The summed E-state index contributed by atoms with van der Waals surface area (Å²) in [6.07, 6.45) is 6.67. The van der Waals surface area contributed by atoms with Crippen molar-refractivity contribution in [3.63, 3.8) is 0 Å². The van der Waals surface area contributed by atoms with Crippen molar-refractivity contribution in [2.75, 3.05) is 13.1 Å². The van der Waals surface area contributed by atoms with E-state index in [9.17, 15) is 9.90 Å². The van der Waals surface area contributed by atoms with E-state index >= 15 is 0 Å². The number of piperidine rings is 1. The van der Waals surface area contributed by atoms with Crippen LogP contribution in [0.2, 0.25) is 0 Å². The van der Waals surface area contributed by atoms with E-state index < -0.39 is 0 Å². The number of aliphatic hydroxyl groups excluding tert-OH is 1. The van der Waals surface area contributed by atoms with E-state index in [1.807, 2.05) is 17.0 Å². The lowest BCUT2D eigenvalue weighted by atomic mass is 9.92. The SMILES string of the molecule is O=C(/C=C/C1=C(Br)c2ccccc2CC1)N1CCC(O)CC1. The number of likely N-dealkylation sites (tertiary alicyclic amines) is 1. The zero-order valence-electron chi connectivity index (χ0n) is 12.5. The van der Waals surface area contributed by atoms with Crippen LogP contribution in [0.5, 0.6) is 0 Å². The first kappa shape index (κ1) is 15.5. The molecule has 1 amide bonds. The van der Waals surface area contributed by atoms with Gasteiger partial charge in [-0.15, -0.1) is 0 Å². The number of aliphatic hydroxyl groups is 1. The minimum absolute atomic E-state index is 0.0403. The Kier molecular flexibility index (Phi) is 4.79. The summed E-state index contributed by atoms with van der Waals surface area (Å²) in [4.78, 5) is 14.0. The van der Waals surface area contributed by atoms with Gasteiger partial charge in [0.15, 0.2) is 0 Å². The first-order valence-electron chi connectivity index (χ1n) is 7.77. The molecule has 0 atom stereocenters. The molecule has 0 unspecified atom stereocenters. The monoisotopic (exact) mass is 361 g/mol. The molecule has 1 saturated heterocycles. The van der Waals surface area contributed by atoms with Crippen LogP contribution in [-0.4, -0.2) is 35.1 Å². The number of nitrogens with zero attached hydrogens (tertiary/aromatic N) is 1. The Morgan fingerprint density at radius 3 is 2.73 bits per heavy atom. The standard InChI is InChI=1S/C18H20BrNO2/c19-18-14(6-5-13-3-1-2-4-16(13)18)7-8-17(22)20-11-9-15(21)10-12-20/h1-4,7-8,15,21H,5-6,9-12H2/b8-7+. The second-order valence-electron chi connectivity index (χ2n) is 5.89. The Morgan fingerprint density at radius 1 is 1.23 bits per heavy atom. The Balaban J connectivity index is 1.71. The molecule has 0 saturated carbocycles. The predicted octanol–water partition coefficient (Wildman–Crippen LogP) is 3.28. The number of aryl methyl sites for hydroxylation is 1. The zero-order valence-corrected chi connectivity index (χ0v) is 14.1. The highest BCUT2D eigenvalue weighted by atomic mass is 79.9. The van der Waals surface area contributed by atoms with Crippen molar-refractivity contribution in [2.45, 2.75) is 31.8 Å². The third-order valence-corrected chi connectivity index (χ3v) is 5.34. The van der Waals surface area contributed by atoms with Crippen molar-refractivity contribution in [3.8, 4) is 0 Å². The molecule has 0 radical (unpaired) electrons. The van der Waals surface area contributed by atoms with Crippen LogP contribution in [0.1, 0.15) is 30.4 Å². The fourth-order valence-electron chi connectivity index (χ4n) is 3.02. The van der Waals surface area contributed by atoms with Crippen molar-refractivity contribution in [1.29, 1.82) is 0 Å². The molecule has 4 heteroatoms. The third kappa shape index (κ3) is 3.33. The van der Waals surface area contributed by atoms with Crippen molar-refractivity contribution in [3.05, 3.63) is 53.1 Å². The quantitative estimate of drug-likeness (QED) is 0.821. The lowest BCUT2D eigenvalue weighted by molar-refractivity contribution is -0.127. The molecule has 0 bridgehead atoms. The molecule has 1 aliphatic heterocycles. The smallest absolute Gasteiger partial charge is 0.246 e. The van der Waals surface area contributed by atoms with Crippen LogP contribution in [0.25, 0.3) is 4.48 Å². The molecular weight excluding hydrogens is 342 g/mol. The van der Waals surface area contributed by atoms with E-state index in [-0.39, 0.29) is 12.0 Å². The maximum absolute atomic E-state index is 12.2. The van der Waals surface area contributed by atoms with E-state index in [4.69, 9.17) is 0 Å². The number of fused-ring (bicyclic) bond motifs is 1. The molecule has 3 rings (SSSR count). The van der Waals surface area contributed by atoms with Crippen LogP contribution >= 0.6 is 15.9 Å². The molecular formula is C18H20BrNO2. The first-order chi connectivity index (χ1) is 10.6. The van der Waals surface area contributed by atoms with Crippen molar-refractivity contribution < 1.29 is 9.90 Å². The largest absolute Gasteiger partial charge is 0.393 e. The summed E-state index contributed by atoms with van der Waals surface area (Å²) in [6.45, 7) is 1.29. The number of amides is 1. The lowest BCUT2D eigenvalue weighted by Gasteiger charge is -2.28. The van der Waals surface area contributed by atoms with E-state index in [0.29, 0.717) is 25.9 Å². The van der Waals surface area contributed by atoms with Gasteiger partial charge < -0.3 is 10.0 Å². The van der Waals surface area contributed by atoms with E-state index in [1.54, 1.807) is 6.08 Å². The molecule has 116 valence electrons. The number of rotatable bonds is 2. The maximum atomic E-state index is 12.2. The van der Waals surface area contributed by atoms with Crippen LogP contribution in [0.3, 0.4) is 0 Å². The zero-order chi connectivity index (χ0) is 15.5. The minimum atomic E-state index is -0.250. The summed E-state index contributed by atoms with van der Waals surface area (Å²) in [5, 5.41) is 9.50. The highest BCUT2D eigenvalue weighted by Crippen LogP contribution is 2.35. The van der Waals surface area contributed by atoms with Gasteiger partial charge in [-0.05, 0) is 58.3 Å². The van der Waals surface area contributed by atoms with Gasteiger partial charge in [0.2, 0.25) is 5.91 Å². The van der Waals surface area contributed by atoms with Gasteiger partial charge in [-0.2, -0.15) is 0 Å². The molecule has 1 heterocycles. The molecule has 1 aromatic rings. The van der Waals surface area contributed by atoms with Gasteiger partial charge in [0, 0.05) is 23.6 Å². The third-order valence-electron chi connectivity index (χ3n) is 4.40. The Hall–Kier alpha value is -1.39. The number of benzene rings is 1. The molecule has 2 aliphatic rings. The topological polar surface area (TPSA) is 40.5 Å². The minimum Gasteiger partial charge on any atom is -0.393 e. The number of hydrogen-bond acceptors (Lipinski definition) is 2. The summed E-state index contributed by atoms with van der Waals surface area (Å²) < 4.78 is 1.09.